The molecule has 2 amide bonds. The number of hydrogen-bond donors (Lipinski definition) is 3. The zero-order valence-corrected chi connectivity index (χ0v) is 19.1. The van der Waals surface area contributed by atoms with Gasteiger partial charge in [-0.2, -0.15) is 0 Å². The lowest BCUT2D eigenvalue weighted by Gasteiger charge is -2.18. The van der Waals surface area contributed by atoms with Crippen molar-refractivity contribution in [2.75, 3.05) is 6.61 Å². The van der Waals surface area contributed by atoms with Crippen molar-refractivity contribution in [3.05, 3.63) is 59.7 Å². The van der Waals surface area contributed by atoms with Crippen LogP contribution in [0.4, 0.5) is 13.6 Å². The Hall–Kier alpha value is -3.49. The topological polar surface area (TPSA) is 105 Å². The predicted molar refractivity (Wildman–Crippen MR) is 124 cm³/mol. The minimum Gasteiger partial charge on any atom is -0.481 e. The molecule has 4 rings (SSSR count). The van der Waals surface area contributed by atoms with Crippen LogP contribution in [0.25, 0.3) is 11.1 Å². The summed E-state index contributed by atoms with van der Waals surface area (Å²) in [6.45, 7) is 0.205. The number of carbonyl (C=O) groups excluding carboxylic acids is 2. The number of fused-ring (bicyclic) bond motifs is 3. The van der Waals surface area contributed by atoms with Crippen LogP contribution in [0.15, 0.2) is 48.5 Å². The smallest absolute Gasteiger partial charge is 0.407 e. The highest BCUT2D eigenvalue weighted by molar-refractivity contribution is 5.79. The highest BCUT2D eigenvalue weighted by Gasteiger charge is 2.32. The van der Waals surface area contributed by atoms with E-state index < -0.39 is 36.9 Å². The van der Waals surface area contributed by atoms with Crippen LogP contribution in [-0.2, 0) is 14.3 Å². The Labute approximate surface area is 201 Å². The molecule has 186 valence electrons. The minimum absolute atomic E-state index is 0.00566. The van der Waals surface area contributed by atoms with Crippen molar-refractivity contribution >= 4 is 18.0 Å². The number of nitrogens with one attached hydrogen (secondary N) is 2. The van der Waals surface area contributed by atoms with Gasteiger partial charge in [0, 0.05) is 18.4 Å². The average molecular weight is 487 g/mol. The lowest BCUT2D eigenvalue weighted by atomic mass is 9.98. The van der Waals surface area contributed by atoms with E-state index in [4.69, 9.17) is 9.84 Å². The third-order valence-corrected chi connectivity index (χ3v) is 6.73. The van der Waals surface area contributed by atoms with Gasteiger partial charge >= 0.3 is 12.1 Å². The molecule has 0 aliphatic heterocycles. The molecule has 7 nitrogen and oxygen atoms in total. The predicted octanol–water partition coefficient (Wildman–Crippen LogP) is 4.31. The first-order valence-corrected chi connectivity index (χ1v) is 11.7. The Kier molecular flexibility index (Phi) is 7.63. The minimum atomic E-state index is -2.96. The van der Waals surface area contributed by atoms with Gasteiger partial charge in [-0.25, -0.2) is 13.6 Å². The number of halogens is 2. The maximum atomic E-state index is 12.9. The van der Waals surface area contributed by atoms with E-state index in [1.165, 1.54) is 0 Å². The fourth-order valence-electron chi connectivity index (χ4n) is 5.12. The van der Waals surface area contributed by atoms with Gasteiger partial charge in [0.05, 0.1) is 6.42 Å². The van der Waals surface area contributed by atoms with Crippen LogP contribution in [0, 0.1) is 5.92 Å². The Morgan fingerprint density at radius 2 is 1.63 bits per heavy atom. The molecular formula is C26H28F2N2O5. The van der Waals surface area contributed by atoms with Gasteiger partial charge in [0.1, 0.15) is 12.6 Å². The molecule has 2 aromatic carbocycles. The van der Waals surface area contributed by atoms with Gasteiger partial charge in [0.2, 0.25) is 5.91 Å². The standard InChI is InChI=1S/C26H28F2N2O5/c27-25(28)22(13-24(32)33)30-23(31)12-15-9-10-16(11-15)29-26(34)35-14-21-19-7-3-1-5-17(19)18-6-2-4-8-20(18)21/h1-8,15-16,21-22,25H,9-14H2,(H,29,34)(H,30,31)(H,32,33). The Balaban J connectivity index is 1.24. The monoisotopic (exact) mass is 486 g/mol. The molecule has 0 radical (unpaired) electrons. The van der Waals surface area contributed by atoms with Crippen LogP contribution in [-0.4, -0.2) is 48.2 Å². The first-order chi connectivity index (χ1) is 16.8. The summed E-state index contributed by atoms with van der Waals surface area (Å²) in [5, 5.41) is 13.7. The summed E-state index contributed by atoms with van der Waals surface area (Å²) in [5.41, 5.74) is 4.54. The van der Waals surface area contributed by atoms with Gasteiger partial charge in [-0.15, -0.1) is 0 Å². The van der Waals surface area contributed by atoms with Gasteiger partial charge in [-0.1, -0.05) is 48.5 Å². The lowest BCUT2D eigenvalue weighted by molar-refractivity contribution is -0.139. The van der Waals surface area contributed by atoms with Crippen molar-refractivity contribution in [3.63, 3.8) is 0 Å². The van der Waals surface area contributed by atoms with Crippen molar-refractivity contribution in [2.24, 2.45) is 5.92 Å². The van der Waals surface area contributed by atoms with E-state index in [1.807, 2.05) is 36.4 Å². The number of ether oxygens (including phenoxy) is 1. The van der Waals surface area contributed by atoms with Crippen LogP contribution in [0.3, 0.4) is 0 Å². The number of benzene rings is 2. The van der Waals surface area contributed by atoms with E-state index in [9.17, 15) is 23.2 Å². The summed E-state index contributed by atoms with van der Waals surface area (Å²) in [4.78, 5) is 35.3. The summed E-state index contributed by atoms with van der Waals surface area (Å²) < 4.78 is 31.5. The molecule has 35 heavy (non-hydrogen) atoms. The first kappa shape index (κ1) is 24.6. The molecule has 2 aliphatic carbocycles. The fourth-order valence-corrected chi connectivity index (χ4v) is 5.12. The number of hydrogen-bond acceptors (Lipinski definition) is 4. The maximum Gasteiger partial charge on any atom is 0.407 e. The number of rotatable bonds is 9. The molecule has 3 unspecified atom stereocenters. The summed E-state index contributed by atoms with van der Waals surface area (Å²) in [6, 6.07) is 14.2. The van der Waals surface area contributed by atoms with Gasteiger partial charge in [0.25, 0.3) is 6.43 Å². The van der Waals surface area contributed by atoms with E-state index in [0.717, 1.165) is 22.3 Å². The Morgan fingerprint density at radius 3 is 2.23 bits per heavy atom. The summed E-state index contributed by atoms with van der Waals surface area (Å²) in [5.74, 6) is -2.13. The zero-order valence-electron chi connectivity index (χ0n) is 19.1. The van der Waals surface area contributed by atoms with Crippen molar-refractivity contribution in [1.29, 1.82) is 0 Å². The second kappa shape index (κ2) is 10.8. The molecule has 3 N–H and O–H groups in total. The molecular weight excluding hydrogens is 458 g/mol. The van der Waals surface area contributed by atoms with Gasteiger partial charge in [-0.05, 0) is 47.4 Å². The largest absolute Gasteiger partial charge is 0.481 e. The van der Waals surface area contributed by atoms with Crippen molar-refractivity contribution in [1.82, 2.24) is 10.6 Å². The number of carboxylic acids is 1. The molecule has 9 heteroatoms. The van der Waals surface area contributed by atoms with Crippen molar-refractivity contribution in [3.8, 4) is 11.1 Å². The second-order valence-electron chi connectivity index (χ2n) is 9.16. The number of carboxylic acid groups (broad SMARTS) is 1. The van der Waals surface area contributed by atoms with Crippen LogP contribution in [0.2, 0.25) is 0 Å². The molecule has 2 aliphatic rings. The van der Waals surface area contributed by atoms with Gasteiger partial charge in [0.15, 0.2) is 0 Å². The number of alkyl halides is 2. The van der Waals surface area contributed by atoms with E-state index >= 15 is 0 Å². The Bertz CT molecular complexity index is 1050. The van der Waals surface area contributed by atoms with Crippen LogP contribution < -0.4 is 10.6 Å². The summed E-state index contributed by atoms with van der Waals surface area (Å²) in [7, 11) is 0. The highest BCUT2D eigenvalue weighted by Crippen LogP contribution is 2.44. The number of aliphatic carboxylic acids is 1. The SMILES string of the molecule is O=C(O)CC(NC(=O)CC1CCC(NC(=O)OCC2c3ccccc3-c3ccccc32)C1)C(F)F. The quantitative estimate of drug-likeness (QED) is 0.490. The molecule has 3 atom stereocenters. The summed E-state index contributed by atoms with van der Waals surface area (Å²) >= 11 is 0. The zero-order chi connectivity index (χ0) is 24.9. The first-order valence-electron chi connectivity index (χ1n) is 11.7. The summed E-state index contributed by atoms with van der Waals surface area (Å²) in [6.07, 6.45) is -2.49. The Morgan fingerprint density at radius 1 is 1.00 bits per heavy atom. The second-order valence-corrected chi connectivity index (χ2v) is 9.16. The molecule has 0 bridgehead atoms. The molecule has 0 spiro atoms. The number of alkyl carbamates (subject to hydrolysis) is 1. The molecule has 1 fully saturated rings. The maximum absolute atomic E-state index is 12.9. The third kappa shape index (κ3) is 5.96. The van der Waals surface area contributed by atoms with E-state index in [0.29, 0.717) is 19.3 Å². The van der Waals surface area contributed by atoms with E-state index in [-0.39, 0.29) is 30.9 Å². The van der Waals surface area contributed by atoms with Crippen molar-refractivity contribution in [2.45, 2.75) is 56.5 Å². The lowest BCUT2D eigenvalue weighted by Crippen LogP contribution is -2.42. The number of carbonyl (C=O) groups is 3. The highest BCUT2D eigenvalue weighted by atomic mass is 19.3. The molecule has 0 aromatic heterocycles. The normalized spacial score (nSPS) is 19.6. The average Bonchev–Trinajstić information content (AvgIpc) is 3.38. The third-order valence-electron chi connectivity index (χ3n) is 6.73. The van der Waals surface area contributed by atoms with Crippen LogP contribution in [0.1, 0.15) is 49.1 Å². The fraction of sp³-hybridized carbons (Fsp3) is 0.423. The van der Waals surface area contributed by atoms with Crippen LogP contribution >= 0.6 is 0 Å². The van der Waals surface area contributed by atoms with Gasteiger partial charge in [-0.3, -0.25) is 9.59 Å². The molecule has 1 saturated carbocycles. The van der Waals surface area contributed by atoms with Crippen LogP contribution in [0.5, 0.6) is 0 Å². The molecule has 0 saturated heterocycles. The molecule has 2 aromatic rings. The molecule has 0 heterocycles. The van der Waals surface area contributed by atoms with Crippen molar-refractivity contribution < 1.29 is 33.0 Å². The van der Waals surface area contributed by atoms with Gasteiger partial charge < -0.3 is 20.5 Å². The number of amides is 2. The van der Waals surface area contributed by atoms with E-state index in [1.54, 1.807) is 0 Å². The van der Waals surface area contributed by atoms with E-state index in [2.05, 4.69) is 22.8 Å².